The van der Waals surface area contributed by atoms with E-state index in [4.69, 9.17) is 4.74 Å². The molecule has 1 fully saturated rings. The minimum absolute atomic E-state index is 0.0674. The average Bonchev–Trinajstić information content (AvgIpc) is 2.34. The Kier molecular flexibility index (Phi) is 6.26. The molecule has 0 heterocycles. The fourth-order valence-corrected chi connectivity index (χ4v) is 2.53. The summed E-state index contributed by atoms with van der Waals surface area (Å²) in [5.41, 5.74) is -0.614. The van der Waals surface area contributed by atoms with E-state index in [1.54, 1.807) is 20.8 Å². The Hall–Kier alpha value is -1.27. The lowest BCUT2D eigenvalue weighted by Gasteiger charge is -2.31. The molecular weight excluding hydrogens is 299 g/mol. The molecule has 128 valence electrons. The number of ether oxygens (including phenoxy) is 1. The molecule has 1 saturated carbocycles. The highest BCUT2D eigenvalue weighted by Crippen LogP contribution is 2.37. The molecule has 2 atom stereocenters. The van der Waals surface area contributed by atoms with Gasteiger partial charge in [-0.3, -0.25) is 9.59 Å². The topological polar surface area (TPSA) is 55.4 Å². The summed E-state index contributed by atoms with van der Waals surface area (Å²) >= 11 is 0. The molecule has 0 aromatic heterocycles. The lowest BCUT2D eigenvalue weighted by atomic mass is 9.85. The van der Waals surface area contributed by atoms with E-state index in [1.807, 2.05) is 0 Å². The van der Waals surface area contributed by atoms with Gasteiger partial charge in [0.25, 0.3) is 0 Å². The van der Waals surface area contributed by atoms with Crippen molar-refractivity contribution in [1.82, 2.24) is 5.32 Å². The predicted molar refractivity (Wildman–Crippen MR) is 75.0 cm³/mol. The number of carbonyl (C=O) groups is 2. The van der Waals surface area contributed by atoms with E-state index in [9.17, 15) is 22.8 Å². The van der Waals surface area contributed by atoms with Gasteiger partial charge in [0.2, 0.25) is 5.91 Å². The Morgan fingerprint density at radius 3 is 2.32 bits per heavy atom. The molecule has 1 N–H and O–H groups in total. The Morgan fingerprint density at radius 2 is 1.77 bits per heavy atom. The van der Waals surface area contributed by atoms with Gasteiger partial charge in [0.15, 0.2) is 0 Å². The third-order valence-electron chi connectivity index (χ3n) is 3.48. The van der Waals surface area contributed by atoms with Gasteiger partial charge in [-0.2, -0.15) is 13.2 Å². The first-order valence-corrected chi connectivity index (χ1v) is 7.55. The number of rotatable bonds is 4. The zero-order valence-corrected chi connectivity index (χ0v) is 13.3. The summed E-state index contributed by atoms with van der Waals surface area (Å²) in [6.45, 7) is 5.18. The zero-order chi connectivity index (χ0) is 17.0. The molecule has 0 aromatic rings. The number of nitrogens with one attached hydrogen (secondary N) is 1. The van der Waals surface area contributed by atoms with Gasteiger partial charge in [-0.15, -0.1) is 0 Å². The van der Waals surface area contributed by atoms with Crippen molar-refractivity contribution in [2.24, 2.45) is 5.92 Å². The van der Waals surface area contributed by atoms with Crippen LogP contribution in [0.1, 0.15) is 59.3 Å². The molecule has 22 heavy (non-hydrogen) atoms. The second kappa shape index (κ2) is 7.33. The molecule has 0 saturated heterocycles. The Labute approximate surface area is 128 Å². The summed E-state index contributed by atoms with van der Waals surface area (Å²) in [6, 6.07) is -0.466. The van der Waals surface area contributed by atoms with Gasteiger partial charge in [0.1, 0.15) is 5.60 Å². The van der Waals surface area contributed by atoms with Crippen molar-refractivity contribution in [3.05, 3.63) is 0 Å². The predicted octanol–water partition coefficient (Wildman–Crippen LogP) is 3.35. The van der Waals surface area contributed by atoms with E-state index in [-0.39, 0.29) is 25.7 Å². The van der Waals surface area contributed by atoms with Crippen LogP contribution in [-0.2, 0) is 14.3 Å². The first-order valence-electron chi connectivity index (χ1n) is 7.55. The maximum absolute atomic E-state index is 12.7. The quantitative estimate of drug-likeness (QED) is 0.807. The maximum atomic E-state index is 12.7. The number of hydrogen-bond donors (Lipinski definition) is 1. The SMILES string of the molecule is CC(C)(C)OC(=O)CCC(=O)N[C@@H]1CCC[C@@H](C(F)(F)F)C1. The van der Waals surface area contributed by atoms with Gasteiger partial charge < -0.3 is 10.1 Å². The van der Waals surface area contributed by atoms with Crippen molar-refractivity contribution < 1.29 is 27.5 Å². The molecular formula is C15H24F3NO3. The third-order valence-corrected chi connectivity index (χ3v) is 3.48. The van der Waals surface area contributed by atoms with Crippen LogP contribution >= 0.6 is 0 Å². The molecule has 0 aliphatic heterocycles. The monoisotopic (exact) mass is 323 g/mol. The highest BCUT2D eigenvalue weighted by Gasteiger charge is 2.42. The zero-order valence-electron chi connectivity index (χ0n) is 13.3. The van der Waals surface area contributed by atoms with Crippen LogP contribution in [0.5, 0.6) is 0 Å². The largest absolute Gasteiger partial charge is 0.460 e. The van der Waals surface area contributed by atoms with Crippen molar-refractivity contribution in [1.29, 1.82) is 0 Å². The first kappa shape index (κ1) is 18.8. The summed E-state index contributed by atoms with van der Waals surface area (Å²) in [5, 5.41) is 2.59. The van der Waals surface area contributed by atoms with Crippen LogP contribution in [0.3, 0.4) is 0 Å². The fraction of sp³-hybridized carbons (Fsp3) is 0.867. The van der Waals surface area contributed by atoms with Crippen molar-refractivity contribution >= 4 is 11.9 Å². The summed E-state index contributed by atoms with van der Waals surface area (Å²) in [5.74, 6) is -2.24. The second-order valence-corrected chi connectivity index (χ2v) is 6.76. The number of halogens is 3. The van der Waals surface area contributed by atoms with Crippen molar-refractivity contribution in [3.63, 3.8) is 0 Å². The van der Waals surface area contributed by atoms with E-state index in [0.29, 0.717) is 12.8 Å². The molecule has 4 nitrogen and oxygen atoms in total. The molecule has 0 aromatic carbocycles. The summed E-state index contributed by atoms with van der Waals surface area (Å²) < 4.78 is 43.1. The van der Waals surface area contributed by atoms with Gasteiger partial charge in [-0.25, -0.2) is 0 Å². The van der Waals surface area contributed by atoms with Crippen molar-refractivity contribution in [3.8, 4) is 0 Å². The number of hydrogen-bond acceptors (Lipinski definition) is 3. The van der Waals surface area contributed by atoms with E-state index in [1.165, 1.54) is 0 Å². The fourth-order valence-electron chi connectivity index (χ4n) is 2.53. The Morgan fingerprint density at radius 1 is 1.14 bits per heavy atom. The van der Waals surface area contributed by atoms with Crippen LogP contribution < -0.4 is 5.32 Å². The van der Waals surface area contributed by atoms with Gasteiger partial charge in [-0.05, 0) is 40.0 Å². The molecule has 0 radical (unpaired) electrons. The Balaban J connectivity index is 2.34. The minimum Gasteiger partial charge on any atom is -0.460 e. The number of alkyl halides is 3. The molecule has 0 bridgehead atoms. The molecule has 0 unspecified atom stereocenters. The lowest BCUT2D eigenvalue weighted by molar-refractivity contribution is -0.184. The highest BCUT2D eigenvalue weighted by molar-refractivity contribution is 5.81. The Bertz CT molecular complexity index is 402. The van der Waals surface area contributed by atoms with Crippen molar-refractivity contribution in [2.75, 3.05) is 0 Å². The smallest absolute Gasteiger partial charge is 0.391 e. The molecule has 7 heteroatoms. The molecule has 1 rings (SSSR count). The summed E-state index contributed by atoms with van der Waals surface area (Å²) in [6.07, 6.45) is -3.32. The molecule has 1 amide bonds. The van der Waals surface area contributed by atoms with Crippen LogP contribution in [0.15, 0.2) is 0 Å². The van der Waals surface area contributed by atoms with E-state index >= 15 is 0 Å². The number of carbonyl (C=O) groups excluding carboxylic acids is 2. The third kappa shape index (κ3) is 7.13. The van der Waals surface area contributed by atoms with Crippen LogP contribution in [0.4, 0.5) is 13.2 Å². The van der Waals surface area contributed by atoms with Gasteiger partial charge in [0, 0.05) is 12.5 Å². The highest BCUT2D eigenvalue weighted by atomic mass is 19.4. The van der Waals surface area contributed by atoms with E-state index < -0.39 is 35.6 Å². The minimum atomic E-state index is -4.21. The first-order chi connectivity index (χ1) is 9.97. The van der Waals surface area contributed by atoms with Crippen LogP contribution in [0, 0.1) is 5.92 Å². The molecule has 0 spiro atoms. The molecule has 1 aliphatic carbocycles. The van der Waals surface area contributed by atoms with Crippen LogP contribution in [0.2, 0.25) is 0 Å². The molecule has 1 aliphatic rings. The van der Waals surface area contributed by atoms with Gasteiger partial charge in [-0.1, -0.05) is 6.42 Å². The summed E-state index contributed by atoms with van der Waals surface area (Å²) in [7, 11) is 0. The number of esters is 1. The average molecular weight is 323 g/mol. The van der Waals surface area contributed by atoms with Gasteiger partial charge in [0.05, 0.1) is 12.3 Å². The maximum Gasteiger partial charge on any atom is 0.391 e. The van der Waals surface area contributed by atoms with Gasteiger partial charge >= 0.3 is 12.1 Å². The summed E-state index contributed by atoms with van der Waals surface area (Å²) in [4.78, 5) is 23.2. The lowest BCUT2D eigenvalue weighted by Crippen LogP contribution is -2.41. The normalized spacial score (nSPS) is 23.0. The van der Waals surface area contributed by atoms with Crippen LogP contribution in [0.25, 0.3) is 0 Å². The van der Waals surface area contributed by atoms with E-state index in [0.717, 1.165) is 0 Å². The van der Waals surface area contributed by atoms with Crippen LogP contribution in [-0.4, -0.2) is 29.7 Å². The second-order valence-electron chi connectivity index (χ2n) is 6.76. The number of amides is 1. The standard InChI is InChI=1S/C15H24F3NO3/c1-14(2,3)22-13(21)8-7-12(20)19-11-6-4-5-10(9-11)15(16,17)18/h10-11H,4-9H2,1-3H3,(H,19,20)/t10-,11-/m1/s1. The van der Waals surface area contributed by atoms with Crippen molar-refractivity contribution in [2.45, 2.75) is 77.1 Å². The van der Waals surface area contributed by atoms with E-state index in [2.05, 4.69) is 5.32 Å².